The minimum Gasteiger partial charge on any atom is -0.354 e. The first-order valence-corrected chi connectivity index (χ1v) is 13.2. The number of rotatable bonds is 2. The zero-order valence-electron chi connectivity index (χ0n) is 19.7. The molecule has 0 aromatic heterocycles. The van der Waals surface area contributed by atoms with Crippen LogP contribution in [0.4, 0.5) is 11.4 Å². The van der Waals surface area contributed by atoms with Crippen molar-refractivity contribution < 1.29 is 0 Å². The first-order chi connectivity index (χ1) is 16.6. The molecule has 2 saturated carbocycles. The van der Waals surface area contributed by atoms with Crippen LogP contribution in [0.25, 0.3) is 21.9 Å². The van der Waals surface area contributed by atoms with Crippen LogP contribution in [0.2, 0.25) is 5.02 Å². The Morgan fingerprint density at radius 3 is 2.56 bits per heavy atom. The second-order valence-corrected chi connectivity index (χ2v) is 11.3. The number of anilines is 2. The van der Waals surface area contributed by atoms with Crippen molar-refractivity contribution in [1.82, 2.24) is 0 Å². The Morgan fingerprint density at radius 2 is 1.62 bits per heavy atom. The number of halogens is 1. The molecule has 0 radical (unpaired) electrons. The van der Waals surface area contributed by atoms with Crippen molar-refractivity contribution >= 4 is 33.7 Å². The Morgan fingerprint density at radius 1 is 0.794 bits per heavy atom. The third-order valence-corrected chi connectivity index (χ3v) is 9.43. The monoisotopic (exact) mass is 463 g/mol. The lowest BCUT2D eigenvalue weighted by Crippen LogP contribution is -2.44. The molecule has 0 aliphatic heterocycles. The van der Waals surface area contributed by atoms with Gasteiger partial charge in [0, 0.05) is 16.5 Å². The fraction of sp³-hybridized carbons (Fsp3) is 0.312. The summed E-state index contributed by atoms with van der Waals surface area (Å²) in [4.78, 5) is 0. The summed E-state index contributed by atoms with van der Waals surface area (Å²) in [5.41, 5.74) is 8.23. The van der Waals surface area contributed by atoms with Gasteiger partial charge in [-0.2, -0.15) is 0 Å². The second kappa shape index (κ2) is 7.62. The van der Waals surface area contributed by atoms with Crippen molar-refractivity contribution in [3.63, 3.8) is 0 Å². The SMILES string of the molecule is CC1CC2CCC3(c4ccccc4-c4cccc(Nc5ccc6ccccc6c5Cl)c43)C(C1)C2. The van der Waals surface area contributed by atoms with Gasteiger partial charge in [-0.15, -0.1) is 0 Å². The summed E-state index contributed by atoms with van der Waals surface area (Å²) in [5, 5.41) is 6.90. The summed E-state index contributed by atoms with van der Waals surface area (Å²) in [7, 11) is 0. The van der Waals surface area contributed by atoms with Gasteiger partial charge in [-0.25, -0.2) is 0 Å². The summed E-state index contributed by atoms with van der Waals surface area (Å²) >= 11 is 6.95. The van der Waals surface area contributed by atoms with Gasteiger partial charge in [0.25, 0.3) is 0 Å². The molecular formula is C32H30ClN. The molecule has 2 bridgehead atoms. The Balaban J connectivity index is 1.42. The van der Waals surface area contributed by atoms with E-state index in [1.165, 1.54) is 59.9 Å². The summed E-state index contributed by atoms with van der Waals surface area (Å²) in [5.74, 6) is 2.41. The number of nitrogens with one attached hydrogen (secondary N) is 1. The number of hydrogen-bond acceptors (Lipinski definition) is 1. The number of benzene rings is 4. The van der Waals surface area contributed by atoms with Crippen molar-refractivity contribution in [3.8, 4) is 11.1 Å². The van der Waals surface area contributed by atoms with Crippen LogP contribution in [-0.2, 0) is 5.41 Å². The van der Waals surface area contributed by atoms with Gasteiger partial charge in [-0.1, -0.05) is 85.3 Å². The minimum atomic E-state index is 0.101. The lowest BCUT2D eigenvalue weighted by Gasteiger charge is -2.51. The van der Waals surface area contributed by atoms with Crippen LogP contribution in [0.1, 0.15) is 50.2 Å². The fourth-order valence-corrected chi connectivity index (χ4v) is 8.06. The largest absolute Gasteiger partial charge is 0.354 e. The topological polar surface area (TPSA) is 12.0 Å². The maximum atomic E-state index is 6.95. The summed E-state index contributed by atoms with van der Waals surface area (Å²) in [6.07, 6.45) is 6.69. The molecule has 3 aliphatic rings. The van der Waals surface area contributed by atoms with E-state index in [2.05, 4.69) is 91.1 Å². The normalized spacial score (nSPS) is 26.9. The van der Waals surface area contributed by atoms with Gasteiger partial charge in [0.1, 0.15) is 0 Å². The first kappa shape index (κ1) is 20.6. The molecule has 0 amide bonds. The predicted octanol–water partition coefficient (Wildman–Crippen LogP) is 9.35. The van der Waals surface area contributed by atoms with Crippen LogP contribution >= 0.6 is 11.6 Å². The molecule has 170 valence electrons. The van der Waals surface area contributed by atoms with Gasteiger partial charge in [0.05, 0.1) is 10.7 Å². The lowest BCUT2D eigenvalue weighted by atomic mass is 9.53. The van der Waals surface area contributed by atoms with Crippen molar-refractivity contribution in [2.24, 2.45) is 17.8 Å². The fourth-order valence-electron chi connectivity index (χ4n) is 7.78. The molecule has 1 nitrogen and oxygen atoms in total. The van der Waals surface area contributed by atoms with E-state index in [0.29, 0.717) is 5.92 Å². The molecule has 1 spiro atoms. The zero-order valence-corrected chi connectivity index (χ0v) is 20.4. The van der Waals surface area contributed by atoms with E-state index in [0.717, 1.165) is 27.9 Å². The van der Waals surface area contributed by atoms with Gasteiger partial charge >= 0.3 is 0 Å². The third-order valence-electron chi connectivity index (χ3n) is 9.03. The van der Waals surface area contributed by atoms with Crippen molar-refractivity contribution in [2.75, 3.05) is 5.32 Å². The van der Waals surface area contributed by atoms with Crippen LogP contribution in [0, 0.1) is 17.8 Å². The molecule has 1 N–H and O–H groups in total. The van der Waals surface area contributed by atoms with Crippen LogP contribution < -0.4 is 5.32 Å². The molecule has 34 heavy (non-hydrogen) atoms. The minimum absolute atomic E-state index is 0.101. The Bertz CT molecular complexity index is 1420. The van der Waals surface area contributed by atoms with Crippen molar-refractivity contribution in [1.29, 1.82) is 0 Å². The second-order valence-electron chi connectivity index (χ2n) is 10.9. The number of hydrogen-bond donors (Lipinski definition) is 1. The van der Waals surface area contributed by atoms with Crippen LogP contribution in [0.3, 0.4) is 0 Å². The van der Waals surface area contributed by atoms with Crippen molar-refractivity contribution in [2.45, 2.75) is 44.4 Å². The maximum absolute atomic E-state index is 6.95. The summed E-state index contributed by atoms with van der Waals surface area (Å²) in [6.45, 7) is 2.47. The van der Waals surface area contributed by atoms with Gasteiger partial charge in [-0.05, 0) is 89.6 Å². The predicted molar refractivity (Wildman–Crippen MR) is 144 cm³/mol. The van der Waals surface area contributed by atoms with E-state index in [1.807, 2.05) is 0 Å². The number of fused-ring (bicyclic) bond motifs is 9. The van der Waals surface area contributed by atoms with E-state index in [1.54, 1.807) is 5.56 Å². The van der Waals surface area contributed by atoms with Crippen LogP contribution in [0.15, 0.2) is 78.9 Å². The Kier molecular flexibility index (Phi) is 4.61. The highest BCUT2D eigenvalue weighted by atomic mass is 35.5. The van der Waals surface area contributed by atoms with Crippen molar-refractivity contribution in [3.05, 3.63) is 95.0 Å². The summed E-state index contributed by atoms with van der Waals surface area (Å²) < 4.78 is 0. The molecule has 0 saturated heterocycles. The lowest BCUT2D eigenvalue weighted by molar-refractivity contribution is 0.0859. The van der Waals surface area contributed by atoms with E-state index >= 15 is 0 Å². The maximum Gasteiger partial charge on any atom is 0.0719 e. The summed E-state index contributed by atoms with van der Waals surface area (Å²) in [6, 6.07) is 28.7. The molecule has 4 aromatic rings. The van der Waals surface area contributed by atoms with Gasteiger partial charge < -0.3 is 5.32 Å². The van der Waals surface area contributed by atoms with Crippen LogP contribution in [-0.4, -0.2) is 0 Å². The quantitative estimate of drug-likeness (QED) is 0.312. The molecule has 4 atom stereocenters. The Labute approximate surface area is 207 Å². The van der Waals surface area contributed by atoms with Crippen LogP contribution in [0.5, 0.6) is 0 Å². The molecule has 3 aliphatic carbocycles. The van der Waals surface area contributed by atoms with E-state index in [9.17, 15) is 0 Å². The highest BCUT2D eigenvalue weighted by Crippen LogP contribution is 2.64. The standard InChI is InChI=1S/C32H30ClN/c1-20-17-21-15-16-32(23(18-20)19-21)27-11-5-4-9-25(27)26-10-6-12-28(30(26)32)34-29-14-13-22-7-2-3-8-24(22)31(29)33/h2-14,20-21,23,34H,15-19H2,1H3. The molecular weight excluding hydrogens is 434 g/mol. The molecule has 0 heterocycles. The molecule has 2 fully saturated rings. The molecule has 4 unspecified atom stereocenters. The Hall–Kier alpha value is -2.77. The van der Waals surface area contributed by atoms with Gasteiger partial charge in [-0.3, -0.25) is 0 Å². The molecule has 4 aromatic carbocycles. The smallest absolute Gasteiger partial charge is 0.0719 e. The van der Waals surface area contributed by atoms with E-state index in [4.69, 9.17) is 11.6 Å². The third kappa shape index (κ3) is 2.86. The molecule has 7 rings (SSSR count). The average Bonchev–Trinajstić information content (AvgIpc) is 3.15. The first-order valence-electron chi connectivity index (χ1n) is 12.8. The van der Waals surface area contributed by atoms with Gasteiger partial charge in [0.2, 0.25) is 0 Å². The van der Waals surface area contributed by atoms with Gasteiger partial charge in [0.15, 0.2) is 0 Å². The average molecular weight is 464 g/mol. The van der Waals surface area contributed by atoms with E-state index in [-0.39, 0.29) is 5.41 Å². The highest BCUT2D eigenvalue weighted by Gasteiger charge is 2.53. The molecule has 2 heteroatoms. The highest BCUT2D eigenvalue weighted by molar-refractivity contribution is 6.38. The zero-order chi connectivity index (χ0) is 22.9. The van der Waals surface area contributed by atoms with E-state index < -0.39 is 0 Å².